The summed E-state index contributed by atoms with van der Waals surface area (Å²) < 4.78 is 0.985. The monoisotopic (exact) mass is 329 g/mol. The molecule has 0 aliphatic carbocycles. The van der Waals surface area contributed by atoms with Crippen molar-refractivity contribution in [2.75, 3.05) is 0 Å². The van der Waals surface area contributed by atoms with Crippen LogP contribution in [0.25, 0.3) is 0 Å². The quantitative estimate of drug-likeness (QED) is 0.840. The molecular formula is C13H10BrCl2N. The first-order valence-electron chi connectivity index (χ1n) is 5.04. The van der Waals surface area contributed by atoms with E-state index in [1.807, 2.05) is 30.3 Å². The molecule has 2 aromatic rings. The van der Waals surface area contributed by atoms with Gasteiger partial charge in [-0.15, -0.1) is 0 Å². The van der Waals surface area contributed by atoms with E-state index >= 15 is 0 Å². The summed E-state index contributed by atoms with van der Waals surface area (Å²) in [6.45, 7) is 0. The Kier molecular flexibility index (Phi) is 4.10. The molecule has 0 aliphatic rings. The van der Waals surface area contributed by atoms with E-state index in [1.54, 1.807) is 12.1 Å². The highest BCUT2D eigenvalue weighted by Gasteiger charge is 2.12. The van der Waals surface area contributed by atoms with Crippen molar-refractivity contribution < 1.29 is 0 Å². The number of benzene rings is 2. The Labute approximate surface area is 119 Å². The van der Waals surface area contributed by atoms with Crippen molar-refractivity contribution in [1.82, 2.24) is 0 Å². The molecule has 1 nitrogen and oxygen atoms in total. The van der Waals surface area contributed by atoms with Crippen molar-refractivity contribution in [2.24, 2.45) is 5.73 Å². The average molecular weight is 331 g/mol. The fraction of sp³-hybridized carbons (Fsp3) is 0.0769. The van der Waals surface area contributed by atoms with Crippen LogP contribution in [-0.4, -0.2) is 0 Å². The summed E-state index contributed by atoms with van der Waals surface area (Å²) in [4.78, 5) is 0. The van der Waals surface area contributed by atoms with Crippen LogP contribution in [0.2, 0.25) is 10.0 Å². The van der Waals surface area contributed by atoms with Gasteiger partial charge in [-0.05, 0) is 29.3 Å². The van der Waals surface area contributed by atoms with Gasteiger partial charge in [-0.2, -0.15) is 0 Å². The van der Waals surface area contributed by atoms with E-state index in [9.17, 15) is 0 Å². The number of nitrogens with two attached hydrogens (primary N) is 1. The van der Waals surface area contributed by atoms with Gasteiger partial charge in [0.15, 0.2) is 0 Å². The van der Waals surface area contributed by atoms with Gasteiger partial charge in [0.2, 0.25) is 0 Å². The normalized spacial score (nSPS) is 12.5. The Morgan fingerprint density at radius 1 is 1.00 bits per heavy atom. The Balaban J connectivity index is 2.40. The Hall–Kier alpha value is -0.540. The van der Waals surface area contributed by atoms with Gasteiger partial charge in [0.1, 0.15) is 0 Å². The van der Waals surface area contributed by atoms with Crippen LogP contribution in [0.15, 0.2) is 46.9 Å². The van der Waals surface area contributed by atoms with Crippen molar-refractivity contribution in [3.63, 3.8) is 0 Å². The molecule has 0 bridgehead atoms. The highest BCUT2D eigenvalue weighted by atomic mass is 79.9. The van der Waals surface area contributed by atoms with Gasteiger partial charge >= 0.3 is 0 Å². The minimum atomic E-state index is -0.222. The fourth-order valence-corrected chi connectivity index (χ4v) is 2.45. The van der Waals surface area contributed by atoms with Crippen LogP contribution in [0.4, 0.5) is 0 Å². The van der Waals surface area contributed by atoms with Crippen LogP contribution in [0.5, 0.6) is 0 Å². The smallest absolute Gasteiger partial charge is 0.0595 e. The SMILES string of the molecule is NC(c1ccc(Cl)c(Cl)c1)c1ccccc1Br. The lowest BCUT2D eigenvalue weighted by Crippen LogP contribution is -2.12. The average Bonchev–Trinajstić information content (AvgIpc) is 2.32. The molecule has 0 aromatic heterocycles. The summed E-state index contributed by atoms with van der Waals surface area (Å²) in [6, 6.07) is 13.1. The molecule has 4 heteroatoms. The molecule has 0 radical (unpaired) electrons. The van der Waals surface area contributed by atoms with Crippen LogP contribution < -0.4 is 5.73 Å². The van der Waals surface area contributed by atoms with E-state index in [0.29, 0.717) is 10.0 Å². The highest BCUT2D eigenvalue weighted by molar-refractivity contribution is 9.10. The van der Waals surface area contributed by atoms with Crippen LogP contribution in [-0.2, 0) is 0 Å². The maximum absolute atomic E-state index is 6.20. The molecule has 0 heterocycles. The first-order valence-corrected chi connectivity index (χ1v) is 6.59. The molecule has 0 amide bonds. The van der Waals surface area contributed by atoms with Crippen molar-refractivity contribution >= 4 is 39.1 Å². The lowest BCUT2D eigenvalue weighted by atomic mass is 10.00. The van der Waals surface area contributed by atoms with Crippen molar-refractivity contribution in [3.05, 3.63) is 68.1 Å². The van der Waals surface area contributed by atoms with E-state index < -0.39 is 0 Å². The summed E-state index contributed by atoms with van der Waals surface area (Å²) in [6.07, 6.45) is 0. The molecule has 0 saturated carbocycles. The van der Waals surface area contributed by atoms with Crippen molar-refractivity contribution in [3.8, 4) is 0 Å². The molecule has 2 rings (SSSR count). The molecule has 1 atom stereocenters. The highest BCUT2D eigenvalue weighted by Crippen LogP contribution is 2.30. The third-order valence-electron chi connectivity index (χ3n) is 2.54. The minimum Gasteiger partial charge on any atom is -0.320 e. The molecule has 2 N–H and O–H groups in total. The molecular weight excluding hydrogens is 321 g/mol. The molecule has 0 fully saturated rings. The van der Waals surface area contributed by atoms with Gasteiger partial charge < -0.3 is 5.73 Å². The first-order chi connectivity index (χ1) is 8.09. The number of hydrogen-bond acceptors (Lipinski definition) is 1. The second-order valence-corrected chi connectivity index (χ2v) is 5.34. The van der Waals surface area contributed by atoms with Crippen LogP contribution >= 0.6 is 39.1 Å². The molecule has 0 aliphatic heterocycles. The molecule has 88 valence electrons. The minimum absolute atomic E-state index is 0.222. The van der Waals surface area contributed by atoms with Crippen LogP contribution in [0.1, 0.15) is 17.2 Å². The zero-order chi connectivity index (χ0) is 12.4. The molecule has 0 saturated heterocycles. The second-order valence-electron chi connectivity index (χ2n) is 3.67. The molecule has 0 spiro atoms. The van der Waals surface area contributed by atoms with Gasteiger partial charge in [-0.25, -0.2) is 0 Å². The van der Waals surface area contributed by atoms with E-state index in [-0.39, 0.29) is 6.04 Å². The number of hydrogen-bond donors (Lipinski definition) is 1. The molecule has 1 unspecified atom stereocenters. The Bertz CT molecular complexity index is 543. The zero-order valence-corrected chi connectivity index (χ0v) is 11.9. The van der Waals surface area contributed by atoms with E-state index in [0.717, 1.165) is 15.6 Å². The predicted molar refractivity (Wildman–Crippen MR) is 76.6 cm³/mol. The topological polar surface area (TPSA) is 26.0 Å². The summed E-state index contributed by atoms with van der Waals surface area (Å²) in [5.41, 5.74) is 8.16. The van der Waals surface area contributed by atoms with Crippen molar-refractivity contribution in [2.45, 2.75) is 6.04 Å². The molecule has 2 aromatic carbocycles. The lowest BCUT2D eigenvalue weighted by Gasteiger charge is -2.14. The number of halogens is 3. The Morgan fingerprint density at radius 2 is 1.71 bits per heavy atom. The fourth-order valence-electron chi connectivity index (χ4n) is 1.61. The zero-order valence-electron chi connectivity index (χ0n) is 8.83. The third kappa shape index (κ3) is 2.83. The largest absolute Gasteiger partial charge is 0.320 e. The standard InChI is InChI=1S/C13H10BrCl2N/c14-10-4-2-1-3-9(10)13(17)8-5-6-11(15)12(16)7-8/h1-7,13H,17H2. The van der Waals surface area contributed by atoms with Crippen molar-refractivity contribution in [1.29, 1.82) is 0 Å². The van der Waals surface area contributed by atoms with Crippen LogP contribution in [0, 0.1) is 0 Å². The first kappa shape index (κ1) is 12.9. The molecule has 17 heavy (non-hydrogen) atoms. The van der Waals surface area contributed by atoms with Gasteiger partial charge in [-0.3, -0.25) is 0 Å². The van der Waals surface area contributed by atoms with Gasteiger partial charge in [0.05, 0.1) is 16.1 Å². The van der Waals surface area contributed by atoms with Gasteiger partial charge in [0, 0.05) is 4.47 Å². The predicted octanol–water partition coefficient (Wildman–Crippen LogP) is 4.80. The maximum atomic E-state index is 6.20. The maximum Gasteiger partial charge on any atom is 0.0595 e. The lowest BCUT2D eigenvalue weighted by molar-refractivity contribution is 0.866. The van der Waals surface area contributed by atoms with Gasteiger partial charge in [-0.1, -0.05) is 63.4 Å². The summed E-state index contributed by atoms with van der Waals surface area (Å²) >= 11 is 15.4. The summed E-state index contributed by atoms with van der Waals surface area (Å²) in [5.74, 6) is 0. The number of rotatable bonds is 2. The summed E-state index contributed by atoms with van der Waals surface area (Å²) in [5, 5.41) is 1.06. The second kappa shape index (κ2) is 5.40. The van der Waals surface area contributed by atoms with Gasteiger partial charge in [0.25, 0.3) is 0 Å². The Morgan fingerprint density at radius 3 is 2.35 bits per heavy atom. The summed E-state index contributed by atoms with van der Waals surface area (Å²) in [7, 11) is 0. The van der Waals surface area contributed by atoms with E-state index in [4.69, 9.17) is 28.9 Å². The van der Waals surface area contributed by atoms with E-state index in [2.05, 4.69) is 15.9 Å². The van der Waals surface area contributed by atoms with E-state index in [1.165, 1.54) is 0 Å². The third-order valence-corrected chi connectivity index (χ3v) is 4.00. The van der Waals surface area contributed by atoms with Crippen LogP contribution in [0.3, 0.4) is 0 Å².